The van der Waals surface area contributed by atoms with Crippen LogP contribution in [0.4, 0.5) is 0 Å². The number of unbranched alkanes of at least 4 members (excludes halogenated alkanes) is 5. The lowest BCUT2D eigenvalue weighted by atomic mass is 10.1. The van der Waals surface area contributed by atoms with Gasteiger partial charge in [0.1, 0.15) is 0 Å². The van der Waals surface area contributed by atoms with Crippen molar-refractivity contribution in [2.75, 3.05) is 0 Å². The van der Waals surface area contributed by atoms with Crippen LogP contribution in [0.15, 0.2) is 29.4 Å². The highest BCUT2D eigenvalue weighted by Crippen LogP contribution is 2.06. The van der Waals surface area contributed by atoms with Gasteiger partial charge in [0, 0.05) is 6.42 Å². The Balaban J connectivity index is 2.13. The summed E-state index contributed by atoms with van der Waals surface area (Å²) in [4.78, 5) is 11.6. The summed E-state index contributed by atoms with van der Waals surface area (Å²) in [5.41, 5.74) is 4.78. The Bertz CT molecular complexity index is 427. The van der Waals surface area contributed by atoms with Crippen LogP contribution in [0.1, 0.15) is 63.0 Å². The van der Waals surface area contributed by atoms with Gasteiger partial charge in [-0.25, -0.2) is 5.43 Å². The van der Waals surface area contributed by atoms with E-state index in [0.717, 1.165) is 18.4 Å². The normalized spacial score (nSPS) is 10.9. The van der Waals surface area contributed by atoms with Crippen LogP contribution in [0.2, 0.25) is 0 Å². The lowest BCUT2D eigenvalue weighted by Crippen LogP contribution is -2.16. The minimum atomic E-state index is 0.00407. The summed E-state index contributed by atoms with van der Waals surface area (Å²) in [6, 6.07) is 8.02. The molecular weight excluding hydrogens is 248 g/mol. The van der Waals surface area contributed by atoms with Crippen LogP contribution in [0.5, 0.6) is 0 Å². The van der Waals surface area contributed by atoms with Gasteiger partial charge in [-0.2, -0.15) is 5.10 Å². The van der Waals surface area contributed by atoms with E-state index in [0.29, 0.717) is 6.42 Å². The average molecular weight is 274 g/mol. The zero-order valence-corrected chi connectivity index (χ0v) is 12.7. The summed E-state index contributed by atoms with van der Waals surface area (Å²) in [5, 5.41) is 3.99. The van der Waals surface area contributed by atoms with Gasteiger partial charge in [0.05, 0.1) is 6.21 Å². The smallest absolute Gasteiger partial charge is 0.240 e. The molecule has 1 N–H and O–H groups in total. The molecule has 110 valence electrons. The summed E-state index contributed by atoms with van der Waals surface area (Å²) < 4.78 is 0. The number of amides is 1. The molecule has 0 saturated heterocycles. The zero-order valence-electron chi connectivity index (χ0n) is 12.7. The maximum Gasteiger partial charge on any atom is 0.240 e. The number of aryl methyl sites for hydroxylation is 1. The number of nitrogens with one attached hydrogen (secondary N) is 1. The lowest BCUT2D eigenvalue weighted by molar-refractivity contribution is -0.121. The number of hydrogen-bond donors (Lipinski definition) is 1. The van der Waals surface area contributed by atoms with Gasteiger partial charge < -0.3 is 0 Å². The lowest BCUT2D eigenvalue weighted by Gasteiger charge is -2.01. The molecule has 0 atom stereocenters. The second-order valence-electron chi connectivity index (χ2n) is 5.23. The van der Waals surface area contributed by atoms with Crippen molar-refractivity contribution in [2.45, 2.75) is 58.8 Å². The van der Waals surface area contributed by atoms with Crippen molar-refractivity contribution in [1.29, 1.82) is 0 Å². The number of benzene rings is 1. The number of hydrogen-bond acceptors (Lipinski definition) is 2. The monoisotopic (exact) mass is 274 g/mol. The molecule has 0 aliphatic carbocycles. The Kier molecular flexibility index (Phi) is 8.36. The third-order valence-corrected chi connectivity index (χ3v) is 3.20. The number of carbonyl (C=O) groups is 1. The predicted molar refractivity (Wildman–Crippen MR) is 84.9 cm³/mol. The fourth-order valence-electron chi connectivity index (χ4n) is 2.05. The first-order valence-corrected chi connectivity index (χ1v) is 7.61. The van der Waals surface area contributed by atoms with Crippen molar-refractivity contribution in [3.63, 3.8) is 0 Å². The minimum Gasteiger partial charge on any atom is -0.273 e. The Morgan fingerprint density at radius 1 is 1.20 bits per heavy atom. The van der Waals surface area contributed by atoms with Crippen molar-refractivity contribution in [3.05, 3.63) is 35.4 Å². The van der Waals surface area contributed by atoms with Crippen molar-refractivity contribution in [2.24, 2.45) is 5.10 Å². The average Bonchev–Trinajstić information content (AvgIpc) is 2.43. The Morgan fingerprint density at radius 2 is 1.95 bits per heavy atom. The molecule has 0 bridgehead atoms. The fourth-order valence-corrected chi connectivity index (χ4v) is 2.05. The summed E-state index contributed by atoms with van der Waals surface area (Å²) >= 11 is 0. The van der Waals surface area contributed by atoms with Crippen LogP contribution < -0.4 is 5.43 Å². The SMILES string of the molecule is CCCCCCCCC(=O)N/N=C/c1cccc(C)c1. The molecule has 0 radical (unpaired) electrons. The number of hydrazone groups is 1. The first kappa shape index (κ1) is 16.4. The Labute approximate surface area is 122 Å². The molecule has 1 aromatic carbocycles. The van der Waals surface area contributed by atoms with Gasteiger partial charge in [-0.3, -0.25) is 4.79 Å². The Hall–Kier alpha value is -1.64. The number of carbonyl (C=O) groups excluding carboxylic acids is 1. The van der Waals surface area contributed by atoms with Crippen LogP contribution in [-0.4, -0.2) is 12.1 Å². The van der Waals surface area contributed by atoms with Crippen LogP contribution >= 0.6 is 0 Å². The van der Waals surface area contributed by atoms with Gasteiger partial charge in [0.2, 0.25) is 5.91 Å². The second-order valence-corrected chi connectivity index (χ2v) is 5.23. The molecule has 0 unspecified atom stereocenters. The van der Waals surface area contributed by atoms with Crippen molar-refractivity contribution >= 4 is 12.1 Å². The van der Waals surface area contributed by atoms with E-state index in [1.54, 1.807) is 6.21 Å². The molecule has 1 amide bonds. The van der Waals surface area contributed by atoms with Gasteiger partial charge in [-0.15, -0.1) is 0 Å². The van der Waals surface area contributed by atoms with Gasteiger partial charge in [0.25, 0.3) is 0 Å². The molecule has 0 aliphatic heterocycles. The van der Waals surface area contributed by atoms with E-state index in [9.17, 15) is 4.79 Å². The van der Waals surface area contributed by atoms with Crippen LogP contribution in [0, 0.1) is 6.92 Å². The number of nitrogens with zero attached hydrogens (tertiary/aromatic N) is 1. The maximum atomic E-state index is 11.6. The van der Waals surface area contributed by atoms with E-state index in [1.807, 2.05) is 31.2 Å². The topological polar surface area (TPSA) is 41.5 Å². The molecular formula is C17H26N2O. The van der Waals surface area contributed by atoms with E-state index in [-0.39, 0.29) is 5.91 Å². The molecule has 20 heavy (non-hydrogen) atoms. The van der Waals surface area contributed by atoms with E-state index < -0.39 is 0 Å². The fraction of sp³-hybridized carbons (Fsp3) is 0.529. The van der Waals surface area contributed by atoms with Crippen molar-refractivity contribution in [1.82, 2.24) is 5.43 Å². The van der Waals surface area contributed by atoms with E-state index in [1.165, 1.54) is 31.2 Å². The molecule has 0 fully saturated rings. The van der Waals surface area contributed by atoms with Gasteiger partial charge >= 0.3 is 0 Å². The first-order chi connectivity index (χ1) is 9.72. The third-order valence-electron chi connectivity index (χ3n) is 3.20. The molecule has 0 aliphatic rings. The van der Waals surface area contributed by atoms with Crippen molar-refractivity contribution in [3.8, 4) is 0 Å². The third kappa shape index (κ3) is 7.72. The summed E-state index contributed by atoms with van der Waals surface area (Å²) in [6.07, 6.45) is 9.41. The summed E-state index contributed by atoms with van der Waals surface area (Å²) in [7, 11) is 0. The van der Waals surface area contributed by atoms with E-state index in [2.05, 4.69) is 17.5 Å². The Morgan fingerprint density at radius 3 is 2.70 bits per heavy atom. The second kappa shape index (κ2) is 10.2. The van der Waals surface area contributed by atoms with Gasteiger partial charge in [0.15, 0.2) is 0 Å². The molecule has 0 spiro atoms. The maximum absolute atomic E-state index is 11.6. The standard InChI is InChI=1S/C17H26N2O/c1-3-4-5-6-7-8-12-17(20)19-18-14-16-11-9-10-15(2)13-16/h9-11,13-14H,3-8,12H2,1-2H3,(H,19,20)/b18-14+. The van der Waals surface area contributed by atoms with Crippen LogP contribution in [0.25, 0.3) is 0 Å². The molecule has 3 heteroatoms. The molecule has 0 saturated carbocycles. The predicted octanol–water partition coefficient (Wildman–Crippen LogP) is 4.20. The molecule has 0 aromatic heterocycles. The molecule has 0 heterocycles. The molecule has 3 nitrogen and oxygen atoms in total. The minimum absolute atomic E-state index is 0.00407. The highest BCUT2D eigenvalue weighted by Gasteiger charge is 1.99. The quantitative estimate of drug-likeness (QED) is 0.409. The first-order valence-electron chi connectivity index (χ1n) is 7.61. The van der Waals surface area contributed by atoms with E-state index >= 15 is 0 Å². The van der Waals surface area contributed by atoms with E-state index in [4.69, 9.17) is 0 Å². The highest BCUT2D eigenvalue weighted by atomic mass is 16.2. The molecule has 1 aromatic rings. The largest absolute Gasteiger partial charge is 0.273 e. The van der Waals surface area contributed by atoms with Crippen molar-refractivity contribution < 1.29 is 4.79 Å². The van der Waals surface area contributed by atoms with Crippen LogP contribution in [-0.2, 0) is 4.79 Å². The van der Waals surface area contributed by atoms with Gasteiger partial charge in [-0.05, 0) is 18.9 Å². The molecule has 1 rings (SSSR count). The van der Waals surface area contributed by atoms with Gasteiger partial charge in [-0.1, -0.05) is 68.9 Å². The summed E-state index contributed by atoms with van der Waals surface area (Å²) in [6.45, 7) is 4.24. The zero-order chi connectivity index (χ0) is 14.6. The van der Waals surface area contributed by atoms with Crippen LogP contribution in [0.3, 0.4) is 0 Å². The summed E-state index contributed by atoms with van der Waals surface area (Å²) in [5.74, 6) is 0.00407. The highest BCUT2D eigenvalue weighted by molar-refractivity contribution is 5.82. The number of rotatable bonds is 9.